The van der Waals surface area contributed by atoms with Gasteiger partial charge in [-0.25, -0.2) is 0 Å². The molecule has 6 heteroatoms. The number of nitrogens with zero attached hydrogens (tertiary/aromatic N) is 1. The van der Waals surface area contributed by atoms with Crippen molar-refractivity contribution in [2.75, 3.05) is 16.8 Å². The lowest BCUT2D eigenvalue weighted by Gasteiger charge is -2.56. The number of hydrogen-bond acceptors (Lipinski definition) is 4. The molecule has 0 unspecified atom stereocenters. The van der Waals surface area contributed by atoms with Crippen LogP contribution in [0.5, 0.6) is 0 Å². The SMILES string of the molecule is C[C@H]1CC(=O)Nc2ccccc2N1C(=O)COC(=O)CC12CC3CC(CC(C3)C1)C2. The van der Waals surface area contributed by atoms with Crippen molar-refractivity contribution in [3.8, 4) is 0 Å². The summed E-state index contributed by atoms with van der Waals surface area (Å²) < 4.78 is 5.49. The van der Waals surface area contributed by atoms with Crippen LogP contribution in [0.15, 0.2) is 24.3 Å². The Hall–Kier alpha value is -2.37. The van der Waals surface area contributed by atoms with Gasteiger partial charge >= 0.3 is 5.97 Å². The molecule has 4 aliphatic carbocycles. The standard InChI is InChI=1S/C24H30N2O4/c1-15-6-21(27)25-19-4-2-3-5-20(19)26(15)22(28)14-30-23(29)13-24-10-16-7-17(11-24)9-18(8-16)12-24/h2-5,15-18H,6-14H2,1H3,(H,25,27)/t15-,16?,17?,18?,24?/m0/s1. The highest BCUT2D eigenvalue weighted by molar-refractivity contribution is 6.05. The Bertz CT molecular complexity index is 844. The molecular weight excluding hydrogens is 380 g/mol. The molecule has 4 fully saturated rings. The van der Waals surface area contributed by atoms with Gasteiger partial charge in [0.15, 0.2) is 6.61 Å². The molecule has 4 saturated carbocycles. The van der Waals surface area contributed by atoms with Crippen molar-refractivity contribution in [1.82, 2.24) is 0 Å². The third-order valence-corrected chi connectivity index (χ3v) is 7.67. The second-order valence-electron chi connectivity index (χ2n) is 10.1. The monoisotopic (exact) mass is 410 g/mol. The summed E-state index contributed by atoms with van der Waals surface area (Å²) in [7, 11) is 0. The second kappa shape index (κ2) is 7.40. The van der Waals surface area contributed by atoms with Crippen LogP contribution >= 0.6 is 0 Å². The van der Waals surface area contributed by atoms with Crippen molar-refractivity contribution in [3.63, 3.8) is 0 Å². The molecule has 6 rings (SSSR count). The van der Waals surface area contributed by atoms with E-state index in [-0.39, 0.29) is 42.3 Å². The van der Waals surface area contributed by atoms with Crippen molar-refractivity contribution in [3.05, 3.63) is 24.3 Å². The van der Waals surface area contributed by atoms with Gasteiger partial charge in [0, 0.05) is 12.5 Å². The summed E-state index contributed by atoms with van der Waals surface area (Å²) in [6, 6.07) is 6.95. The minimum atomic E-state index is -0.303. The van der Waals surface area contributed by atoms with Gasteiger partial charge in [-0.05, 0) is 80.8 Å². The van der Waals surface area contributed by atoms with Gasteiger partial charge in [0.2, 0.25) is 5.91 Å². The van der Waals surface area contributed by atoms with Gasteiger partial charge in [0.1, 0.15) is 0 Å². The fourth-order valence-electron chi connectivity index (χ4n) is 7.04. The van der Waals surface area contributed by atoms with E-state index in [1.54, 1.807) is 11.0 Å². The van der Waals surface area contributed by atoms with Crippen molar-refractivity contribution >= 4 is 29.2 Å². The number of amides is 2. The number of hydrogen-bond donors (Lipinski definition) is 1. The topological polar surface area (TPSA) is 75.7 Å². The van der Waals surface area contributed by atoms with Crippen molar-refractivity contribution in [2.45, 2.75) is 64.3 Å². The quantitative estimate of drug-likeness (QED) is 0.764. The Kier molecular flexibility index (Phi) is 4.83. The number of carbonyl (C=O) groups excluding carboxylic acids is 3. The lowest BCUT2D eigenvalue weighted by molar-refractivity contribution is -0.155. The van der Waals surface area contributed by atoms with E-state index >= 15 is 0 Å². The molecule has 6 nitrogen and oxygen atoms in total. The normalized spacial score (nSPS) is 34.2. The van der Waals surface area contributed by atoms with E-state index in [0.717, 1.165) is 37.0 Å². The summed E-state index contributed by atoms with van der Waals surface area (Å²) in [5, 5.41) is 2.85. The van der Waals surface area contributed by atoms with Crippen LogP contribution in [0.2, 0.25) is 0 Å². The minimum Gasteiger partial charge on any atom is -0.456 e. The van der Waals surface area contributed by atoms with Crippen LogP contribution < -0.4 is 10.2 Å². The molecular formula is C24H30N2O4. The summed E-state index contributed by atoms with van der Waals surface area (Å²) in [4.78, 5) is 39.4. The predicted octanol–water partition coefficient (Wildman–Crippen LogP) is 3.90. The molecule has 1 N–H and O–H groups in total. The van der Waals surface area contributed by atoms with E-state index in [4.69, 9.17) is 4.74 Å². The third-order valence-electron chi connectivity index (χ3n) is 7.67. The summed E-state index contributed by atoms with van der Waals surface area (Å²) >= 11 is 0. The first-order valence-corrected chi connectivity index (χ1v) is 11.3. The maximum Gasteiger partial charge on any atom is 0.306 e. The fraction of sp³-hybridized carbons (Fsp3) is 0.625. The molecule has 4 bridgehead atoms. The van der Waals surface area contributed by atoms with Crippen LogP contribution in [0.25, 0.3) is 0 Å². The van der Waals surface area contributed by atoms with Crippen molar-refractivity contribution < 1.29 is 19.1 Å². The molecule has 1 aromatic carbocycles. The molecule has 0 saturated heterocycles. The van der Waals surface area contributed by atoms with Gasteiger partial charge < -0.3 is 15.0 Å². The highest BCUT2D eigenvalue weighted by Gasteiger charge is 2.51. The maximum absolute atomic E-state index is 13.0. The fourth-order valence-corrected chi connectivity index (χ4v) is 7.04. The molecule has 0 aromatic heterocycles. The number of benzene rings is 1. The Labute approximate surface area is 177 Å². The van der Waals surface area contributed by atoms with E-state index in [2.05, 4.69) is 5.32 Å². The minimum absolute atomic E-state index is 0.105. The molecule has 160 valence electrons. The van der Waals surface area contributed by atoms with Gasteiger partial charge in [0.25, 0.3) is 5.91 Å². The number of nitrogens with one attached hydrogen (secondary N) is 1. The number of fused-ring (bicyclic) bond motifs is 1. The van der Waals surface area contributed by atoms with Gasteiger partial charge in [-0.2, -0.15) is 0 Å². The Morgan fingerprint density at radius 1 is 1.10 bits per heavy atom. The first kappa shape index (κ1) is 19.6. The molecule has 0 radical (unpaired) electrons. The van der Waals surface area contributed by atoms with Crippen LogP contribution in [0.3, 0.4) is 0 Å². The van der Waals surface area contributed by atoms with Crippen molar-refractivity contribution in [2.24, 2.45) is 23.2 Å². The zero-order chi connectivity index (χ0) is 20.9. The van der Waals surface area contributed by atoms with Crippen LogP contribution in [0.4, 0.5) is 11.4 Å². The molecule has 0 spiro atoms. The highest BCUT2D eigenvalue weighted by atomic mass is 16.5. The Balaban J connectivity index is 1.24. The molecule has 30 heavy (non-hydrogen) atoms. The van der Waals surface area contributed by atoms with Crippen LogP contribution in [0.1, 0.15) is 58.3 Å². The smallest absolute Gasteiger partial charge is 0.306 e. The van der Waals surface area contributed by atoms with Crippen LogP contribution in [-0.4, -0.2) is 30.4 Å². The van der Waals surface area contributed by atoms with E-state index in [9.17, 15) is 14.4 Å². The summed E-state index contributed by atoms with van der Waals surface area (Å²) in [6.45, 7) is 1.56. The molecule has 1 aliphatic heterocycles. The first-order valence-electron chi connectivity index (χ1n) is 11.3. The van der Waals surface area contributed by atoms with Crippen molar-refractivity contribution in [1.29, 1.82) is 0 Å². The van der Waals surface area contributed by atoms with Gasteiger partial charge in [-0.3, -0.25) is 14.4 Å². The molecule has 1 heterocycles. The van der Waals surface area contributed by atoms with Crippen LogP contribution in [-0.2, 0) is 19.1 Å². The van der Waals surface area contributed by atoms with E-state index < -0.39 is 0 Å². The maximum atomic E-state index is 13.0. The summed E-state index contributed by atoms with van der Waals surface area (Å²) in [5.74, 6) is 1.69. The third kappa shape index (κ3) is 3.61. The number of rotatable bonds is 4. The summed E-state index contributed by atoms with van der Waals surface area (Å²) in [6.07, 6.45) is 8.10. The molecule has 1 atom stereocenters. The zero-order valence-corrected chi connectivity index (χ0v) is 17.6. The Morgan fingerprint density at radius 3 is 2.40 bits per heavy atom. The number of para-hydroxylation sites is 2. The van der Waals surface area contributed by atoms with Gasteiger partial charge in [0.05, 0.1) is 17.8 Å². The van der Waals surface area contributed by atoms with E-state index in [1.165, 1.54) is 19.3 Å². The largest absolute Gasteiger partial charge is 0.456 e. The average molecular weight is 411 g/mol. The number of anilines is 2. The van der Waals surface area contributed by atoms with Crippen LogP contribution in [0, 0.1) is 23.2 Å². The van der Waals surface area contributed by atoms with E-state index in [1.807, 2.05) is 25.1 Å². The molecule has 2 amide bonds. The van der Waals surface area contributed by atoms with Gasteiger partial charge in [-0.15, -0.1) is 0 Å². The lowest BCUT2D eigenvalue weighted by Crippen LogP contribution is -2.47. The predicted molar refractivity (Wildman–Crippen MR) is 113 cm³/mol. The molecule has 1 aromatic rings. The molecule has 5 aliphatic rings. The zero-order valence-electron chi connectivity index (χ0n) is 17.6. The number of ether oxygens (including phenoxy) is 1. The number of carbonyl (C=O) groups is 3. The number of esters is 1. The second-order valence-corrected chi connectivity index (χ2v) is 10.1. The average Bonchev–Trinajstić information content (AvgIpc) is 2.79. The van der Waals surface area contributed by atoms with Gasteiger partial charge in [-0.1, -0.05) is 12.1 Å². The first-order chi connectivity index (χ1) is 14.4. The summed E-state index contributed by atoms with van der Waals surface area (Å²) in [5.41, 5.74) is 1.37. The lowest BCUT2D eigenvalue weighted by atomic mass is 9.49. The van der Waals surface area contributed by atoms with E-state index in [0.29, 0.717) is 17.8 Å². The highest BCUT2D eigenvalue weighted by Crippen LogP contribution is 2.61. The Morgan fingerprint density at radius 2 is 1.73 bits per heavy atom.